The zero-order valence-corrected chi connectivity index (χ0v) is 12.5. The Labute approximate surface area is 124 Å². The van der Waals surface area contributed by atoms with Gasteiger partial charge >= 0.3 is 0 Å². The summed E-state index contributed by atoms with van der Waals surface area (Å²) in [6, 6.07) is 11.1. The second-order valence-corrected chi connectivity index (χ2v) is 5.84. The van der Waals surface area contributed by atoms with E-state index in [0.717, 1.165) is 11.1 Å². The largest absolute Gasteiger partial charge is 0.271 e. The number of nitrogens with one attached hydrogen (secondary N) is 1. The van der Waals surface area contributed by atoms with Gasteiger partial charge in [0.15, 0.2) is 0 Å². The smallest absolute Gasteiger partial charge is 0.126 e. The zero-order valence-electron chi connectivity index (χ0n) is 12.5. The van der Waals surface area contributed by atoms with Gasteiger partial charge in [0.25, 0.3) is 0 Å². The summed E-state index contributed by atoms with van der Waals surface area (Å²) in [5, 5.41) is 0. The topological polar surface area (TPSA) is 38.0 Å². The predicted octanol–water partition coefficient (Wildman–Crippen LogP) is 3.76. The molecule has 0 bridgehead atoms. The van der Waals surface area contributed by atoms with Crippen LogP contribution in [0.1, 0.15) is 36.6 Å². The second kappa shape index (κ2) is 5.92. The number of hydrogen-bond acceptors (Lipinski definition) is 2. The van der Waals surface area contributed by atoms with Gasteiger partial charge in [-0.05, 0) is 41.8 Å². The molecule has 1 unspecified atom stereocenters. The highest BCUT2D eigenvalue weighted by atomic mass is 19.1. The predicted molar refractivity (Wildman–Crippen MR) is 80.6 cm³/mol. The SMILES string of the molecule is Cc1ccc(C(NN)C(C)(C)c2ccc(F)cc2)cc1F. The molecule has 0 aliphatic heterocycles. The van der Waals surface area contributed by atoms with Crippen LogP contribution in [-0.4, -0.2) is 0 Å². The highest BCUT2D eigenvalue weighted by Crippen LogP contribution is 2.36. The van der Waals surface area contributed by atoms with Gasteiger partial charge in [-0.2, -0.15) is 0 Å². The Morgan fingerprint density at radius 2 is 1.67 bits per heavy atom. The van der Waals surface area contributed by atoms with E-state index in [1.165, 1.54) is 18.2 Å². The van der Waals surface area contributed by atoms with Crippen molar-refractivity contribution in [1.29, 1.82) is 0 Å². The molecule has 0 saturated carbocycles. The van der Waals surface area contributed by atoms with Crippen molar-refractivity contribution >= 4 is 0 Å². The lowest BCUT2D eigenvalue weighted by molar-refractivity contribution is 0.351. The van der Waals surface area contributed by atoms with Gasteiger partial charge < -0.3 is 0 Å². The number of aryl methyl sites for hydroxylation is 1. The van der Waals surface area contributed by atoms with Crippen molar-refractivity contribution in [2.45, 2.75) is 32.2 Å². The molecule has 0 heterocycles. The Kier molecular flexibility index (Phi) is 4.40. The van der Waals surface area contributed by atoms with Gasteiger partial charge in [-0.1, -0.05) is 38.1 Å². The minimum atomic E-state index is -0.426. The quantitative estimate of drug-likeness (QED) is 0.664. The Morgan fingerprint density at radius 1 is 1.05 bits per heavy atom. The molecule has 4 heteroatoms. The number of hydrazine groups is 1. The van der Waals surface area contributed by atoms with Crippen molar-refractivity contribution in [3.05, 3.63) is 70.8 Å². The van der Waals surface area contributed by atoms with Crippen LogP contribution in [0.25, 0.3) is 0 Å². The van der Waals surface area contributed by atoms with E-state index < -0.39 is 5.41 Å². The van der Waals surface area contributed by atoms with Crippen LogP contribution in [0.15, 0.2) is 42.5 Å². The van der Waals surface area contributed by atoms with Gasteiger partial charge in [0.1, 0.15) is 11.6 Å². The van der Waals surface area contributed by atoms with Crippen LogP contribution < -0.4 is 11.3 Å². The lowest BCUT2D eigenvalue weighted by atomic mass is 9.75. The van der Waals surface area contributed by atoms with Crippen LogP contribution in [0.3, 0.4) is 0 Å². The van der Waals surface area contributed by atoms with Crippen LogP contribution in [0, 0.1) is 18.6 Å². The minimum Gasteiger partial charge on any atom is -0.271 e. The zero-order chi connectivity index (χ0) is 15.6. The van der Waals surface area contributed by atoms with Crippen molar-refractivity contribution < 1.29 is 8.78 Å². The molecule has 3 N–H and O–H groups in total. The summed E-state index contributed by atoms with van der Waals surface area (Å²) in [6.45, 7) is 5.69. The molecule has 1 atom stereocenters. The van der Waals surface area contributed by atoms with Crippen LogP contribution in [0.4, 0.5) is 8.78 Å². The maximum atomic E-state index is 13.8. The molecule has 0 spiro atoms. The van der Waals surface area contributed by atoms with E-state index in [0.29, 0.717) is 5.56 Å². The Balaban J connectivity index is 2.43. The van der Waals surface area contributed by atoms with Crippen molar-refractivity contribution in [1.82, 2.24) is 5.43 Å². The lowest BCUT2D eigenvalue weighted by Crippen LogP contribution is -2.41. The molecule has 0 saturated heterocycles. The molecular weight excluding hydrogens is 270 g/mol. The summed E-state index contributed by atoms with van der Waals surface area (Å²) in [5.41, 5.74) is 4.61. The Morgan fingerprint density at radius 3 is 2.19 bits per heavy atom. The first-order valence-electron chi connectivity index (χ1n) is 6.84. The molecular formula is C17H20F2N2. The highest BCUT2D eigenvalue weighted by molar-refractivity contribution is 5.33. The lowest BCUT2D eigenvalue weighted by Gasteiger charge is -2.35. The van der Waals surface area contributed by atoms with Crippen LogP contribution >= 0.6 is 0 Å². The molecule has 2 nitrogen and oxygen atoms in total. The van der Waals surface area contributed by atoms with Crippen molar-refractivity contribution in [3.8, 4) is 0 Å². The van der Waals surface area contributed by atoms with E-state index >= 15 is 0 Å². The fourth-order valence-electron chi connectivity index (χ4n) is 2.56. The van der Waals surface area contributed by atoms with Gasteiger partial charge in [-0.25, -0.2) is 8.78 Å². The van der Waals surface area contributed by atoms with Gasteiger partial charge in [0, 0.05) is 5.41 Å². The van der Waals surface area contributed by atoms with Crippen molar-refractivity contribution in [3.63, 3.8) is 0 Å². The highest BCUT2D eigenvalue weighted by Gasteiger charge is 2.32. The normalized spacial score (nSPS) is 13.2. The molecule has 0 aromatic heterocycles. The summed E-state index contributed by atoms with van der Waals surface area (Å²) in [4.78, 5) is 0. The van der Waals surface area contributed by atoms with Crippen molar-refractivity contribution in [2.75, 3.05) is 0 Å². The summed E-state index contributed by atoms with van der Waals surface area (Å²) in [7, 11) is 0. The number of rotatable bonds is 4. The van der Waals surface area contributed by atoms with Crippen LogP contribution in [-0.2, 0) is 5.41 Å². The van der Waals surface area contributed by atoms with E-state index in [4.69, 9.17) is 5.84 Å². The molecule has 0 fully saturated rings. The molecule has 0 aliphatic carbocycles. The summed E-state index contributed by atoms with van der Waals surface area (Å²) in [6.07, 6.45) is 0. The van der Waals surface area contributed by atoms with Gasteiger partial charge in [0.2, 0.25) is 0 Å². The Bertz CT molecular complexity index is 621. The first-order chi connectivity index (χ1) is 9.86. The third kappa shape index (κ3) is 3.12. The van der Waals surface area contributed by atoms with Crippen molar-refractivity contribution in [2.24, 2.45) is 5.84 Å². The van der Waals surface area contributed by atoms with Gasteiger partial charge in [-0.3, -0.25) is 11.3 Å². The minimum absolute atomic E-state index is 0.261. The number of nitrogens with two attached hydrogens (primary N) is 1. The second-order valence-electron chi connectivity index (χ2n) is 5.84. The van der Waals surface area contributed by atoms with Gasteiger partial charge in [-0.15, -0.1) is 0 Å². The molecule has 2 aromatic rings. The third-order valence-corrected chi connectivity index (χ3v) is 4.01. The summed E-state index contributed by atoms with van der Waals surface area (Å²) < 4.78 is 26.9. The third-order valence-electron chi connectivity index (χ3n) is 4.01. The molecule has 0 aliphatic rings. The molecule has 2 rings (SSSR count). The monoisotopic (exact) mass is 290 g/mol. The first-order valence-corrected chi connectivity index (χ1v) is 6.84. The molecule has 0 amide bonds. The fraction of sp³-hybridized carbons (Fsp3) is 0.294. The van der Waals surface area contributed by atoms with Gasteiger partial charge in [0.05, 0.1) is 6.04 Å². The standard InChI is InChI=1S/C17H20F2N2/c1-11-4-5-12(10-15(11)19)16(21-20)17(2,3)13-6-8-14(18)9-7-13/h4-10,16,21H,20H2,1-3H3. The maximum Gasteiger partial charge on any atom is 0.126 e. The molecule has 2 aromatic carbocycles. The average molecular weight is 290 g/mol. The van der Waals surface area contributed by atoms with E-state index in [1.54, 1.807) is 25.1 Å². The number of hydrogen-bond donors (Lipinski definition) is 2. The Hall–Kier alpha value is -1.78. The van der Waals surface area contributed by atoms with E-state index in [9.17, 15) is 8.78 Å². The number of halogens is 2. The first kappa shape index (κ1) is 15.6. The molecule has 0 radical (unpaired) electrons. The maximum absolute atomic E-state index is 13.8. The molecule has 112 valence electrons. The average Bonchev–Trinajstić information content (AvgIpc) is 2.44. The summed E-state index contributed by atoms with van der Waals surface area (Å²) in [5.74, 6) is 5.15. The fourth-order valence-corrected chi connectivity index (χ4v) is 2.56. The number of benzene rings is 2. The van der Waals surface area contributed by atoms with E-state index in [2.05, 4.69) is 5.43 Å². The summed E-state index contributed by atoms with van der Waals surface area (Å²) >= 11 is 0. The van der Waals surface area contributed by atoms with E-state index in [1.807, 2.05) is 19.9 Å². The van der Waals surface area contributed by atoms with E-state index in [-0.39, 0.29) is 17.7 Å². The molecule has 21 heavy (non-hydrogen) atoms. The van der Waals surface area contributed by atoms with Crippen LogP contribution in [0.5, 0.6) is 0 Å². The van der Waals surface area contributed by atoms with Crippen LogP contribution in [0.2, 0.25) is 0 Å².